The molecular formula is C17H14ClN3OS. The third kappa shape index (κ3) is 3.81. The SMILES string of the molecule is CCSc1ccc(NC(=O)c2ccc3nc(Cl)ccc3c2)cn1. The molecule has 0 saturated carbocycles. The predicted molar refractivity (Wildman–Crippen MR) is 95.3 cm³/mol. The summed E-state index contributed by atoms with van der Waals surface area (Å²) in [7, 11) is 0. The summed E-state index contributed by atoms with van der Waals surface area (Å²) < 4.78 is 0. The molecule has 1 N–H and O–H groups in total. The van der Waals surface area contributed by atoms with Crippen molar-refractivity contribution in [2.24, 2.45) is 0 Å². The minimum atomic E-state index is -0.181. The van der Waals surface area contributed by atoms with E-state index >= 15 is 0 Å². The summed E-state index contributed by atoms with van der Waals surface area (Å²) >= 11 is 7.52. The molecule has 0 spiro atoms. The number of carbonyl (C=O) groups excluding carboxylic acids is 1. The van der Waals surface area contributed by atoms with Crippen molar-refractivity contribution in [1.82, 2.24) is 9.97 Å². The van der Waals surface area contributed by atoms with E-state index in [1.54, 1.807) is 42.2 Å². The highest BCUT2D eigenvalue weighted by Gasteiger charge is 2.08. The van der Waals surface area contributed by atoms with Crippen molar-refractivity contribution in [3.05, 3.63) is 59.4 Å². The molecule has 0 atom stereocenters. The molecule has 116 valence electrons. The van der Waals surface area contributed by atoms with Gasteiger partial charge in [-0.3, -0.25) is 4.79 Å². The largest absolute Gasteiger partial charge is 0.321 e. The van der Waals surface area contributed by atoms with E-state index in [2.05, 4.69) is 22.2 Å². The van der Waals surface area contributed by atoms with Crippen molar-refractivity contribution in [3.63, 3.8) is 0 Å². The van der Waals surface area contributed by atoms with Crippen molar-refractivity contribution in [2.75, 3.05) is 11.1 Å². The molecule has 3 aromatic rings. The van der Waals surface area contributed by atoms with Gasteiger partial charge in [0.15, 0.2) is 0 Å². The normalized spacial score (nSPS) is 10.7. The Morgan fingerprint density at radius 2 is 2.09 bits per heavy atom. The molecule has 0 fully saturated rings. The molecule has 1 amide bonds. The fourth-order valence-corrected chi connectivity index (χ4v) is 2.87. The van der Waals surface area contributed by atoms with E-state index in [-0.39, 0.29) is 5.91 Å². The van der Waals surface area contributed by atoms with Gasteiger partial charge in [-0.25, -0.2) is 9.97 Å². The average Bonchev–Trinajstić information content (AvgIpc) is 2.56. The van der Waals surface area contributed by atoms with Crippen LogP contribution >= 0.6 is 23.4 Å². The lowest BCUT2D eigenvalue weighted by atomic mass is 10.1. The molecule has 0 radical (unpaired) electrons. The van der Waals surface area contributed by atoms with E-state index in [4.69, 9.17) is 11.6 Å². The number of carbonyl (C=O) groups is 1. The summed E-state index contributed by atoms with van der Waals surface area (Å²) in [5.74, 6) is 0.785. The van der Waals surface area contributed by atoms with Gasteiger partial charge >= 0.3 is 0 Å². The monoisotopic (exact) mass is 343 g/mol. The zero-order valence-electron chi connectivity index (χ0n) is 12.4. The second kappa shape index (κ2) is 6.98. The van der Waals surface area contributed by atoms with E-state index in [0.717, 1.165) is 21.7 Å². The van der Waals surface area contributed by atoms with Gasteiger partial charge in [0, 0.05) is 10.9 Å². The smallest absolute Gasteiger partial charge is 0.255 e. The Bertz CT molecular complexity index is 852. The minimum Gasteiger partial charge on any atom is -0.321 e. The van der Waals surface area contributed by atoms with Gasteiger partial charge in [-0.05, 0) is 48.2 Å². The molecule has 0 saturated heterocycles. The number of nitrogens with one attached hydrogen (secondary N) is 1. The Morgan fingerprint density at radius 3 is 2.83 bits per heavy atom. The molecule has 0 aliphatic rings. The molecular weight excluding hydrogens is 330 g/mol. The highest BCUT2D eigenvalue weighted by molar-refractivity contribution is 7.99. The van der Waals surface area contributed by atoms with Gasteiger partial charge in [0.1, 0.15) is 5.15 Å². The first-order chi connectivity index (χ1) is 11.2. The molecule has 4 nitrogen and oxygen atoms in total. The Hall–Kier alpha value is -2.11. The quantitative estimate of drug-likeness (QED) is 0.553. The lowest BCUT2D eigenvalue weighted by molar-refractivity contribution is 0.102. The molecule has 3 rings (SSSR count). The summed E-state index contributed by atoms with van der Waals surface area (Å²) in [6.45, 7) is 2.07. The summed E-state index contributed by atoms with van der Waals surface area (Å²) in [5, 5.41) is 5.10. The van der Waals surface area contributed by atoms with Gasteiger partial charge in [-0.2, -0.15) is 0 Å². The van der Waals surface area contributed by atoms with Crippen molar-refractivity contribution >= 4 is 45.9 Å². The first kappa shape index (κ1) is 15.8. The zero-order chi connectivity index (χ0) is 16.2. The third-order valence-electron chi connectivity index (χ3n) is 3.20. The molecule has 0 unspecified atom stereocenters. The molecule has 0 bridgehead atoms. The number of rotatable bonds is 4. The van der Waals surface area contributed by atoms with Crippen LogP contribution in [0.2, 0.25) is 5.15 Å². The Morgan fingerprint density at radius 1 is 1.22 bits per heavy atom. The van der Waals surface area contributed by atoms with Gasteiger partial charge in [-0.1, -0.05) is 18.5 Å². The second-order valence-electron chi connectivity index (χ2n) is 4.81. The third-order valence-corrected chi connectivity index (χ3v) is 4.24. The average molecular weight is 344 g/mol. The van der Waals surface area contributed by atoms with Crippen molar-refractivity contribution < 1.29 is 4.79 Å². The highest BCUT2D eigenvalue weighted by Crippen LogP contribution is 2.19. The molecule has 0 aliphatic heterocycles. The van der Waals surface area contributed by atoms with Crippen molar-refractivity contribution in [2.45, 2.75) is 11.9 Å². The second-order valence-corrected chi connectivity index (χ2v) is 6.49. The van der Waals surface area contributed by atoms with Crippen LogP contribution in [-0.4, -0.2) is 21.6 Å². The molecule has 1 aromatic carbocycles. The number of fused-ring (bicyclic) bond motifs is 1. The fraction of sp³-hybridized carbons (Fsp3) is 0.118. The number of halogens is 1. The van der Waals surface area contributed by atoms with Crippen LogP contribution in [0, 0.1) is 0 Å². The van der Waals surface area contributed by atoms with Crippen LogP contribution in [0.15, 0.2) is 53.7 Å². The number of aromatic nitrogens is 2. The van der Waals surface area contributed by atoms with Crippen LogP contribution in [-0.2, 0) is 0 Å². The number of hydrogen-bond donors (Lipinski definition) is 1. The number of hydrogen-bond acceptors (Lipinski definition) is 4. The van der Waals surface area contributed by atoms with Gasteiger partial charge in [-0.15, -0.1) is 11.8 Å². The van der Waals surface area contributed by atoms with E-state index in [0.29, 0.717) is 16.4 Å². The Kier molecular flexibility index (Phi) is 4.79. The number of anilines is 1. The first-order valence-corrected chi connectivity index (χ1v) is 8.48. The van der Waals surface area contributed by atoms with Crippen LogP contribution in [0.4, 0.5) is 5.69 Å². The molecule has 2 heterocycles. The molecule has 23 heavy (non-hydrogen) atoms. The van der Waals surface area contributed by atoms with E-state index in [1.165, 1.54) is 0 Å². The Balaban J connectivity index is 1.78. The number of nitrogens with zero attached hydrogens (tertiary/aromatic N) is 2. The molecule has 2 aromatic heterocycles. The lowest BCUT2D eigenvalue weighted by Gasteiger charge is -2.07. The van der Waals surface area contributed by atoms with Crippen molar-refractivity contribution in [3.8, 4) is 0 Å². The summed E-state index contributed by atoms with van der Waals surface area (Å²) in [4.78, 5) is 20.9. The van der Waals surface area contributed by atoms with Crippen LogP contribution in [0.5, 0.6) is 0 Å². The van der Waals surface area contributed by atoms with Gasteiger partial charge in [0.25, 0.3) is 5.91 Å². The maximum absolute atomic E-state index is 12.3. The van der Waals surface area contributed by atoms with Crippen molar-refractivity contribution in [1.29, 1.82) is 0 Å². The number of benzene rings is 1. The maximum atomic E-state index is 12.3. The van der Waals surface area contributed by atoms with E-state index < -0.39 is 0 Å². The fourth-order valence-electron chi connectivity index (χ4n) is 2.13. The van der Waals surface area contributed by atoms with Crippen LogP contribution < -0.4 is 5.32 Å². The number of pyridine rings is 2. The van der Waals surface area contributed by atoms with Gasteiger partial charge < -0.3 is 5.32 Å². The number of amides is 1. The standard InChI is InChI=1S/C17H14ClN3OS/c1-2-23-16-8-5-13(10-19-16)20-17(22)12-3-6-14-11(9-12)4-7-15(18)21-14/h3-10H,2H2,1H3,(H,20,22). The number of thioether (sulfide) groups is 1. The van der Waals surface area contributed by atoms with E-state index in [1.807, 2.05) is 18.2 Å². The predicted octanol–water partition coefficient (Wildman–Crippen LogP) is 4.65. The topological polar surface area (TPSA) is 54.9 Å². The zero-order valence-corrected chi connectivity index (χ0v) is 14.0. The summed E-state index contributed by atoms with van der Waals surface area (Å²) in [6.07, 6.45) is 1.66. The first-order valence-electron chi connectivity index (χ1n) is 7.12. The molecule has 0 aliphatic carbocycles. The van der Waals surface area contributed by atoms with Crippen LogP contribution in [0.1, 0.15) is 17.3 Å². The Labute approximate surface area is 143 Å². The van der Waals surface area contributed by atoms with Gasteiger partial charge in [0.05, 0.1) is 22.4 Å². The molecule has 6 heteroatoms. The summed E-state index contributed by atoms with van der Waals surface area (Å²) in [6, 6.07) is 12.6. The summed E-state index contributed by atoms with van der Waals surface area (Å²) in [5.41, 5.74) is 2.00. The maximum Gasteiger partial charge on any atom is 0.255 e. The van der Waals surface area contributed by atoms with Gasteiger partial charge in [0.2, 0.25) is 0 Å². The van der Waals surface area contributed by atoms with E-state index in [9.17, 15) is 4.79 Å². The van der Waals surface area contributed by atoms with Crippen LogP contribution in [0.3, 0.4) is 0 Å². The van der Waals surface area contributed by atoms with Crippen LogP contribution in [0.25, 0.3) is 10.9 Å². The lowest BCUT2D eigenvalue weighted by Crippen LogP contribution is -2.12. The minimum absolute atomic E-state index is 0.181. The highest BCUT2D eigenvalue weighted by atomic mass is 35.5.